The highest BCUT2D eigenvalue weighted by molar-refractivity contribution is 5.87. The van der Waals surface area contributed by atoms with E-state index in [2.05, 4.69) is 36.1 Å². The minimum absolute atomic E-state index is 0.320. The Kier molecular flexibility index (Phi) is 4.60. The van der Waals surface area contributed by atoms with Crippen molar-refractivity contribution in [2.45, 2.75) is 33.1 Å². The molecule has 0 bridgehead atoms. The van der Waals surface area contributed by atoms with E-state index in [1.54, 1.807) is 13.3 Å². The third-order valence-corrected chi connectivity index (χ3v) is 3.97. The molecule has 0 saturated heterocycles. The maximum absolute atomic E-state index is 5.68. The zero-order valence-corrected chi connectivity index (χ0v) is 14.5. The molecule has 0 spiro atoms. The zero-order valence-electron chi connectivity index (χ0n) is 14.5. The predicted molar refractivity (Wildman–Crippen MR) is 97.1 cm³/mol. The van der Waals surface area contributed by atoms with Gasteiger partial charge in [-0.15, -0.1) is 0 Å². The van der Waals surface area contributed by atoms with Gasteiger partial charge in [0, 0.05) is 17.1 Å². The number of anilines is 2. The van der Waals surface area contributed by atoms with Gasteiger partial charge in [0.2, 0.25) is 0 Å². The highest BCUT2D eigenvalue weighted by Crippen LogP contribution is 2.36. The Morgan fingerprint density at radius 2 is 2.00 bits per heavy atom. The first-order valence-electron chi connectivity index (χ1n) is 8.18. The van der Waals surface area contributed by atoms with E-state index < -0.39 is 0 Å². The van der Waals surface area contributed by atoms with E-state index in [0.717, 1.165) is 40.4 Å². The molecule has 0 radical (unpaired) electrons. The monoisotopic (exact) mass is 322 g/mol. The van der Waals surface area contributed by atoms with Gasteiger partial charge in [-0.2, -0.15) is 0 Å². The SMILES string of the molecule is CCc1nc2cnc(Nc3ccccn3)cc2c(C(C)C)c1OC. The van der Waals surface area contributed by atoms with Crippen LogP contribution in [0, 0.1) is 0 Å². The molecule has 124 valence electrons. The van der Waals surface area contributed by atoms with Gasteiger partial charge in [0.15, 0.2) is 0 Å². The number of pyridine rings is 3. The molecule has 0 amide bonds. The van der Waals surface area contributed by atoms with E-state index in [1.165, 1.54) is 5.56 Å². The molecule has 3 aromatic heterocycles. The number of ether oxygens (including phenoxy) is 1. The first kappa shape index (κ1) is 16.2. The van der Waals surface area contributed by atoms with E-state index in [1.807, 2.05) is 30.5 Å². The Morgan fingerprint density at radius 3 is 2.62 bits per heavy atom. The number of hydrogen-bond donors (Lipinski definition) is 1. The third kappa shape index (κ3) is 3.02. The average Bonchev–Trinajstić information content (AvgIpc) is 2.60. The van der Waals surface area contributed by atoms with Gasteiger partial charge in [0.05, 0.1) is 24.5 Å². The van der Waals surface area contributed by atoms with Crippen LogP contribution in [0.15, 0.2) is 36.7 Å². The lowest BCUT2D eigenvalue weighted by Crippen LogP contribution is -2.04. The van der Waals surface area contributed by atoms with Crippen molar-refractivity contribution >= 4 is 22.5 Å². The van der Waals surface area contributed by atoms with E-state index >= 15 is 0 Å². The van der Waals surface area contributed by atoms with E-state index in [9.17, 15) is 0 Å². The smallest absolute Gasteiger partial charge is 0.144 e. The number of aromatic nitrogens is 3. The molecular weight excluding hydrogens is 300 g/mol. The molecule has 0 aliphatic rings. The molecular formula is C19H22N4O. The van der Waals surface area contributed by atoms with Crippen molar-refractivity contribution in [3.8, 4) is 5.75 Å². The minimum Gasteiger partial charge on any atom is -0.495 e. The van der Waals surface area contributed by atoms with Crippen LogP contribution in [-0.4, -0.2) is 22.1 Å². The number of nitrogens with zero attached hydrogens (tertiary/aromatic N) is 3. The Hall–Kier alpha value is -2.69. The molecule has 0 aliphatic carbocycles. The lowest BCUT2D eigenvalue weighted by Gasteiger charge is -2.18. The van der Waals surface area contributed by atoms with E-state index in [4.69, 9.17) is 9.72 Å². The summed E-state index contributed by atoms with van der Waals surface area (Å²) in [5, 5.41) is 4.30. The van der Waals surface area contributed by atoms with Crippen LogP contribution in [0.5, 0.6) is 5.75 Å². The van der Waals surface area contributed by atoms with Crippen LogP contribution in [-0.2, 0) is 6.42 Å². The Labute approximate surface area is 142 Å². The lowest BCUT2D eigenvalue weighted by molar-refractivity contribution is 0.401. The topological polar surface area (TPSA) is 59.9 Å². The first-order chi connectivity index (χ1) is 11.6. The quantitative estimate of drug-likeness (QED) is 0.751. The Bertz CT molecular complexity index is 847. The third-order valence-electron chi connectivity index (χ3n) is 3.97. The van der Waals surface area contributed by atoms with Crippen molar-refractivity contribution in [3.05, 3.63) is 47.9 Å². The largest absolute Gasteiger partial charge is 0.495 e. The van der Waals surface area contributed by atoms with Crippen LogP contribution in [0.2, 0.25) is 0 Å². The average molecular weight is 322 g/mol. The fourth-order valence-corrected chi connectivity index (χ4v) is 2.90. The van der Waals surface area contributed by atoms with Crippen molar-refractivity contribution in [3.63, 3.8) is 0 Å². The van der Waals surface area contributed by atoms with Crippen LogP contribution >= 0.6 is 0 Å². The summed E-state index contributed by atoms with van der Waals surface area (Å²) in [6, 6.07) is 7.76. The van der Waals surface area contributed by atoms with Crippen LogP contribution in [0.1, 0.15) is 37.9 Å². The van der Waals surface area contributed by atoms with Gasteiger partial charge in [-0.05, 0) is 30.5 Å². The second kappa shape index (κ2) is 6.83. The summed E-state index contributed by atoms with van der Waals surface area (Å²) < 4.78 is 5.68. The zero-order chi connectivity index (χ0) is 17.1. The molecule has 5 nitrogen and oxygen atoms in total. The van der Waals surface area contributed by atoms with Crippen molar-refractivity contribution in [1.82, 2.24) is 15.0 Å². The van der Waals surface area contributed by atoms with Gasteiger partial charge in [0.1, 0.15) is 17.4 Å². The molecule has 0 atom stereocenters. The van der Waals surface area contributed by atoms with Gasteiger partial charge in [0.25, 0.3) is 0 Å². The number of aryl methyl sites for hydroxylation is 1. The standard InChI is InChI=1S/C19H22N4O/c1-5-14-19(24-4)18(12(2)3)13-10-17(21-11-15(13)22-14)23-16-8-6-7-9-20-16/h6-12H,5H2,1-4H3,(H,20,21,23). The van der Waals surface area contributed by atoms with Crippen LogP contribution in [0.3, 0.4) is 0 Å². The summed E-state index contributed by atoms with van der Waals surface area (Å²) >= 11 is 0. The highest BCUT2D eigenvalue weighted by atomic mass is 16.5. The number of nitrogens with one attached hydrogen (secondary N) is 1. The van der Waals surface area contributed by atoms with Gasteiger partial charge in [-0.3, -0.25) is 0 Å². The molecule has 1 N–H and O–H groups in total. The maximum atomic E-state index is 5.68. The summed E-state index contributed by atoms with van der Waals surface area (Å²) in [6.45, 7) is 6.43. The fourth-order valence-electron chi connectivity index (χ4n) is 2.90. The molecule has 5 heteroatoms. The summed E-state index contributed by atoms with van der Waals surface area (Å²) in [5.74, 6) is 2.72. The van der Waals surface area contributed by atoms with Crippen LogP contribution in [0.25, 0.3) is 10.9 Å². The maximum Gasteiger partial charge on any atom is 0.144 e. The Balaban J connectivity index is 2.15. The van der Waals surface area contributed by atoms with E-state index in [-0.39, 0.29) is 0 Å². The molecule has 0 saturated carbocycles. The molecule has 0 unspecified atom stereocenters. The summed E-state index contributed by atoms with van der Waals surface area (Å²) in [5.41, 5.74) is 3.04. The second-order valence-corrected chi connectivity index (χ2v) is 5.94. The lowest BCUT2D eigenvalue weighted by atomic mass is 9.96. The number of hydrogen-bond acceptors (Lipinski definition) is 5. The number of rotatable bonds is 5. The molecule has 0 aromatic carbocycles. The minimum atomic E-state index is 0.320. The van der Waals surface area contributed by atoms with Gasteiger partial charge < -0.3 is 10.1 Å². The van der Waals surface area contributed by atoms with Crippen molar-refractivity contribution in [2.24, 2.45) is 0 Å². The van der Waals surface area contributed by atoms with Crippen LogP contribution < -0.4 is 10.1 Å². The van der Waals surface area contributed by atoms with Gasteiger partial charge in [-0.25, -0.2) is 15.0 Å². The number of methoxy groups -OCH3 is 1. The molecule has 3 rings (SSSR count). The summed E-state index contributed by atoms with van der Waals surface area (Å²) in [4.78, 5) is 13.5. The molecule has 0 aliphatic heterocycles. The van der Waals surface area contributed by atoms with Crippen molar-refractivity contribution in [2.75, 3.05) is 12.4 Å². The highest BCUT2D eigenvalue weighted by Gasteiger charge is 2.18. The van der Waals surface area contributed by atoms with Gasteiger partial charge >= 0.3 is 0 Å². The molecule has 24 heavy (non-hydrogen) atoms. The first-order valence-corrected chi connectivity index (χ1v) is 8.18. The van der Waals surface area contributed by atoms with Crippen molar-refractivity contribution in [1.29, 1.82) is 0 Å². The number of fused-ring (bicyclic) bond motifs is 1. The molecule has 0 fully saturated rings. The Morgan fingerprint density at radius 1 is 1.17 bits per heavy atom. The second-order valence-electron chi connectivity index (χ2n) is 5.94. The molecule has 3 heterocycles. The van der Waals surface area contributed by atoms with Crippen molar-refractivity contribution < 1.29 is 4.74 Å². The van der Waals surface area contributed by atoms with Gasteiger partial charge in [-0.1, -0.05) is 26.8 Å². The summed E-state index contributed by atoms with van der Waals surface area (Å²) in [6.07, 6.45) is 4.39. The fraction of sp³-hybridized carbons (Fsp3) is 0.316. The normalized spacial score (nSPS) is 11.0. The summed E-state index contributed by atoms with van der Waals surface area (Å²) in [7, 11) is 1.71. The van der Waals surface area contributed by atoms with E-state index in [0.29, 0.717) is 5.92 Å². The predicted octanol–water partition coefficient (Wildman–Crippen LogP) is 4.46. The molecule has 3 aromatic rings. The van der Waals surface area contributed by atoms with Crippen LogP contribution in [0.4, 0.5) is 11.6 Å².